The second-order valence-corrected chi connectivity index (χ2v) is 7.95. The molecule has 0 aliphatic rings. The Labute approximate surface area is 118 Å². The average molecular weight is 363 g/mol. The Bertz CT molecular complexity index is 435. The number of alkyl halides is 1. The summed E-state index contributed by atoms with van der Waals surface area (Å²) in [6.07, 6.45) is 0.628. The van der Waals surface area contributed by atoms with Gasteiger partial charge in [0.05, 0.1) is 10.4 Å². The van der Waals surface area contributed by atoms with E-state index in [0.29, 0.717) is 36.3 Å². The van der Waals surface area contributed by atoms with E-state index < -0.39 is 10.0 Å². The van der Waals surface area contributed by atoms with Crippen molar-refractivity contribution in [3.63, 3.8) is 0 Å². The maximum absolute atomic E-state index is 11.8. The number of halogens is 2. The molecule has 1 rings (SSSR count). The zero-order valence-corrected chi connectivity index (χ0v) is 13.0. The summed E-state index contributed by atoms with van der Waals surface area (Å²) in [5.41, 5.74) is 0. The minimum atomic E-state index is -3.38. The van der Waals surface area contributed by atoms with Gasteiger partial charge in [-0.1, -0.05) is 0 Å². The molecule has 0 aliphatic carbocycles. The minimum absolute atomic E-state index is 0.311. The Hall–Kier alpha value is 0.340. The molecule has 0 radical (unpaired) electrons. The third kappa shape index (κ3) is 5.67. The Kier molecular flexibility index (Phi) is 6.98. The fourth-order valence-electron chi connectivity index (χ4n) is 1.05. The van der Waals surface area contributed by atoms with Gasteiger partial charge >= 0.3 is 0 Å². The largest absolute Gasteiger partial charge is 0.380 e. The van der Waals surface area contributed by atoms with Crippen molar-refractivity contribution in [2.45, 2.75) is 10.6 Å². The molecule has 0 fully saturated rings. The molecular weight excluding hydrogens is 350 g/mol. The number of ether oxygens (including phenoxy) is 1. The van der Waals surface area contributed by atoms with Gasteiger partial charge in [-0.15, -0.1) is 22.9 Å². The highest BCUT2D eigenvalue weighted by Crippen LogP contribution is 2.25. The SMILES string of the molecule is O=S(=O)(NCCCOCCCl)c1ccc(Br)s1. The van der Waals surface area contributed by atoms with Gasteiger partial charge in [0.1, 0.15) is 4.21 Å². The van der Waals surface area contributed by atoms with Crippen LogP contribution in [0.25, 0.3) is 0 Å². The molecule has 4 nitrogen and oxygen atoms in total. The molecule has 0 amide bonds. The number of thiophene rings is 1. The highest BCUT2D eigenvalue weighted by molar-refractivity contribution is 9.11. The van der Waals surface area contributed by atoms with Gasteiger partial charge < -0.3 is 4.74 Å². The van der Waals surface area contributed by atoms with Gasteiger partial charge in [-0.2, -0.15) is 0 Å². The number of nitrogens with one attached hydrogen (secondary N) is 1. The second kappa shape index (κ2) is 7.70. The molecule has 1 aromatic rings. The third-order valence-corrected chi connectivity index (χ3v) is 5.52. The second-order valence-electron chi connectivity index (χ2n) is 3.11. The first-order valence-electron chi connectivity index (χ1n) is 4.95. The highest BCUT2D eigenvalue weighted by atomic mass is 79.9. The summed E-state index contributed by atoms with van der Waals surface area (Å²) in [5, 5.41) is 0. The normalized spacial score (nSPS) is 11.9. The van der Waals surface area contributed by atoms with Crippen LogP contribution in [-0.4, -0.2) is 34.1 Å². The molecule has 8 heteroatoms. The zero-order valence-electron chi connectivity index (χ0n) is 8.99. The predicted octanol–water partition coefficient (Wildman–Crippen LogP) is 2.43. The summed E-state index contributed by atoms with van der Waals surface area (Å²) in [7, 11) is -3.38. The summed E-state index contributed by atoms with van der Waals surface area (Å²) in [6.45, 7) is 1.36. The van der Waals surface area contributed by atoms with Crippen LogP contribution >= 0.6 is 38.9 Å². The van der Waals surface area contributed by atoms with Gasteiger partial charge in [-0.05, 0) is 34.5 Å². The molecule has 0 spiro atoms. The van der Waals surface area contributed by atoms with Crippen LogP contribution in [0.5, 0.6) is 0 Å². The molecule has 98 valence electrons. The standard InChI is InChI=1S/C9H13BrClNO3S2/c10-8-2-3-9(16-8)17(13,14)12-5-1-6-15-7-4-11/h2-3,12H,1,4-7H2. The van der Waals surface area contributed by atoms with Crippen molar-refractivity contribution in [3.8, 4) is 0 Å². The van der Waals surface area contributed by atoms with Crippen molar-refractivity contribution < 1.29 is 13.2 Å². The maximum Gasteiger partial charge on any atom is 0.250 e. The van der Waals surface area contributed by atoms with Gasteiger partial charge in [0.15, 0.2) is 0 Å². The van der Waals surface area contributed by atoms with Crippen LogP contribution in [0, 0.1) is 0 Å². The van der Waals surface area contributed by atoms with E-state index in [1.807, 2.05) is 0 Å². The van der Waals surface area contributed by atoms with Gasteiger partial charge in [-0.3, -0.25) is 0 Å². The van der Waals surface area contributed by atoms with E-state index in [0.717, 1.165) is 3.79 Å². The highest BCUT2D eigenvalue weighted by Gasteiger charge is 2.15. The summed E-state index contributed by atoms with van der Waals surface area (Å²) in [4.78, 5) is 0. The molecule has 17 heavy (non-hydrogen) atoms. The average Bonchev–Trinajstić information content (AvgIpc) is 2.71. The lowest BCUT2D eigenvalue weighted by Gasteiger charge is -2.04. The van der Waals surface area contributed by atoms with E-state index in [1.54, 1.807) is 12.1 Å². The molecular formula is C9H13BrClNO3S2. The Morgan fingerprint density at radius 1 is 1.41 bits per heavy atom. The molecule has 0 aliphatic heterocycles. The number of hydrogen-bond donors (Lipinski definition) is 1. The summed E-state index contributed by atoms with van der Waals surface area (Å²) in [5.74, 6) is 0.453. The van der Waals surface area contributed by atoms with Crippen LogP contribution in [0.15, 0.2) is 20.1 Å². The molecule has 0 saturated carbocycles. The first-order valence-corrected chi connectivity index (χ1v) is 8.57. The Balaban J connectivity index is 2.31. The van der Waals surface area contributed by atoms with Crippen molar-refractivity contribution in [2.24, 2.45) is 0 Å². The van der Waals surface area contributed by atoms with E-state index in [9.17, 15) is 8.42 Å². The molecule has 1 N–H and O–H groups in total. The predicted molar refractivity (Wildman–Crippen MR) is 73.4 cm³/mol. The summed E-state index contributed by atoms with van der Waals surface area (Å²) in [6, 6.07) is 3.28. The fraction of sp³-hybridized carbons (Fsp3) is 0.556. The number of sulfonamides is 1. The third-order valence-electron chi connectivity index (χ3n) is 1.79. The number of hydrogen-bond acceptors (Lipinski definition) is 4. The van der Waals surface area contributed by atoms with Crippen LogP contribution < -0.4 is 4.72 Å². The molecule has 0 saturated heterocycles. The van der Waals surface area contributed by atoms with Crippen molar-refractivity contribution in [3.05, 3.63) is 15.9 Å². The van der Waals surface area contributed by atoms with Gasteiger partial charge in [0.2, 0.25) is 10.0 Å². The van der Waals surface area contributed by atoms with Crippen LogP contribution in [0.2, 0.25) is 0 Å². The summed E-state index contributed by atoms with van der Waals surface area (Å²) >= 11 is 9.84. The monoisotopic (exact) mass is 361 g/mol. The smallest absolute Gasteiger partial charge is 0.250 e. The molecule has 0 bridgehead atoms. The van der Waals surface area contributed by atoms with Crippen molar-refractivity contribution in [1.29, 1.82) is 0 Å². The van der Waals surface area contributed by atoms with E-state index >= 15 is 0 Å². The zero-order chi connectivity index (χ0) is 12.7. The van der Waals surface area contributed by atoms with Crippen molar-refractivity contribution in [2.75, 3.05) is 25.6 Å². The van der Waals surface area contributed by atoms with Crippen molar-refractivity contribution >= 4 is 48.9 Å². The first-order chi connectivity index (χ1) is 8.06. The van der Waals surface area contributed by atoms with E-state index in [2.05, 4.69) is 20.7 Å². The van der Waals surface area contributed by atoms with Gasteiger partial charge in [0.25, 0.3) is 0 Å². The van der Waals surface area contributed by atoms with Crippen LogP contribution in [0.4, 0.5) is 0 Å². The first kappa shape index (κ1) is 15.4. The lowest BCUT2D eigenvalue weighted by atomic mass is 10.5. The minimum Gasteiger partial charge on any atom is -0.380 e. The van der Waals surface area contributed by atoms with Crippen molar-refractivity contribution in [1.82, 2.24) is 4.72 Å². The van der Waals surface area contributed by atoms with E-state index in [1.165, 1.54) is 11.3 Å². The van der Waals surface area contributed by atoms with Crippen LogP contribution in [-0.2, 0) is 14.8 Å². The summed E-state index contributed by atoms with van der Waals surface area (Å²) < 4.78 is 32.3. The molecule has 0 aromatic carbocycles. The lowest BCUT2D eigenvalue weighted by molar-refractivity contribution is 0.147. The Morgan fingerprint density at radius 3 is 2.76 bits per heavy atom. The molecule has 1 aromatic heterocycles. The molecule has 0 atom stereocenters. The van der Waals surface area contributed by atoms with Crippen LogP contribution in [0.1, 0.15) is 6.42 Å². The van der Waals surface area contributed by atoms with Gasteiger partial charge in [-0.25, -0.2) is 13.1 Å². The van der Waals surface area contributed by atoms with Crippen LogP contribution in [0.3, 0.4) is 0 Å². The van der Waals surface area contributed by atoms with Gasteiger partial charge in [0, 0.05) is 19.0 Å². The van der Waals surface area contributed by atoms with E-state index in [-0.39, 0.29) is 0 Å². The topological polar surface area (TPSA) is 55.4 Å². The lowest BCUT2D eigenvalue weighted by Crippen LogP contribution is -2.24. The Morgan fingerprint density at radius 2 is 2.18 bits per heavy atom. The maximum atomic E-state index is 11.8. The van der Waals surface area contributed by atoms with E-state index in [4.69, 9.17) is 16.3 Å². The number of rotatable bonds is 8. The quantitative estimate of drug-likeness (QED) is 0.571. The fourth-order valence-corrected chi connectivity index (χ4v) is 4.29. The molecule has 0 unspecified atom stereocenters. The molecule has 1 heterocycles.